The molecule has 0 saturated heterocycles. The summed E-state index contributed by atoms with van der Waals surface area (Å²) in [5.41, 5.74) is 0.409. The molecule has 2 aromatic rings. The van der Waals surface area contributed by atoms with E-state index in [2.05, 4.69) is 36.6 Å². The number of ether oxygens (including phenoxy) is 1. The van der Waals surface area contributed by atoms with Crippen molar-refractivity contribution in [2.24, 2.45) is 0 Å². The van der Waals surface area contributed by atoms with Crippen LogP contribution in [0.3, 0.4) is 0 Å². The Kier molecular flexibility index (Phi) is 5.19. The van der Waals surface area contributed by atoms with Gasteiger partial charge in [0.15, 0.2) is 0 Å². The lowest BCUT2D eigenvalue weighted by Gasteiger charge is -2.11. The maximum absolute atomic E-state index is 12.4. The average molecular weight is 456 g/mol. The molecule has 0 aliphatic heterocycles. The molecule has 1 N–H and O–H groups in total. The van der Waals surface area contributed by atoms with Gasteiger partial charge in [0.1, 0.15) is 5.75 Å². The summed E-state index contributed by atoms with van der Waals surface area (Å²) in [5.74, 6) is 0.557. The smallest absolute Gasteiger partial charge is 0.261 e. The van der Waals surface area contributed by atoms with Gasteiger partial charge < -0.3 is 4.74 Å². The molecule has 2 rings (SSSR count). The Morgan fingerprint density at radius 2 is 1.81 bits per heavy atom. The van der Waals surface area contributed by atoms with E-state index in [0.29, 0.717) is 25.4 Å². The molecule has 112 valence electrons. The molecule has 0 fully saturated rings. The lowest BCUT2D eigenvalue weighted by atomic mass is 10.3. The van der Waals surface area contributed by atoms with Crippen LogP contribution in [0.5, 0.6) is 5.75 Å². The topological polar surface area (TPSA) is 55.4 Å². The first-order valence-corrected chi connectivity index (χ1v) is 9.09. The van der Waals surface area contributed by atoms with E-state index in [9.17, 15) is 8.42 Å². The molecule has 4 nitrogen and oxygen atoms in total. The third kappa shape index (κ3) is 3.91. The summed E-state index contributed by atoms with van der Waals surface area (Å²) < 4.78 is 33.4. The molecule has 0 heterocycles. The highest BCUT2D eigenvalue weighted by molar-refractivity contribution is 9.11. The second-order valence-corrected chi connectivity index (χ2v) is 7.85. The Hall–Kier alpha value is -0.760. The van der Waals surface area contributed by atoms with E-state index in [4.69, 9.17) is 16.3 Å². The predicted molar refractivity (Wildman–Crippen MR) is 90.7 cm³/mol. The van der Waals surface area contributed by atoms with Crippen molar-refractivity contribution < 1.29 is 13.2 Å². The zero-order valence-electron chi connectivity index (χ0n) is 10.7. The number of methoxy groups -OCH3 is 1. The Labute approximate surface area is 144 Å². The van der Waals surface area contributed by atoms with E-state index in [1.807, 2.05) is 0 Å². The molecule has 0 unspecified atom stereocenters. The van der Waals surface area contributed by atoms with Crippen LogP contribution in [-0.4, -0.2) is 15.5 Å². The van der Waals surface area contributed by atoms with Gasteiger partial charge in [0, 0.05) is 9.50 Å². The lowest BCUT2D eigenvalue weighted by Crippen LogP contribution is -2.13. The van der Waals surface area contributed by atoms with E-state index in [1.165, 1.54) is 19.2 Å². The molecule has 8 heteroatoms. The summed E-state index contributed by atoms with van der Waals surface area (Å²) in [6, 6.07) is 9.33. The molecule has 0 aliphatic rings. The third-order valence-electron chi connectivity index (χ3n) is 2.61. The number of hydrogen-bond acceptors (Lipinski definition) is 3. The molecule has 0 atom stereocenters. The summed E-state index contributed by atoms with van der Waals surface area (Å²) in [5, 5.41) is 0.511. The van der Waals surface area contributed by atoms with Crippen molar-refractivity contribution in [3.8, 4) is 5.75 Å². The highest BCUT2D eigenvalue weighted by Gasteiger charge is 2.17. The molecule has 0 amide bonds. The fourth-order valence-electron chi connectivity index (χ4n) is 1.59. The van der Waals surface area contributed by atoms with Gasteiger partial charge in [-0.1, -0.05) is 11.6 Å². The molecule has 0 saturated carbocycles. The Balaban J connectivity index is 2.36. The Morgan fingerprint density at radius 3 is 2.38 bits per heavy atom. The standard InChI is InChI=1S/C13H10Br2ClNO3S/c1-20-13-5-3-9(7-11(13)15)21(18,19)17-12-4-2-8(16)6-10(12)14/h2-7,17H,1H3. The summed E-state index contributed by atoms with van der Waals surface area (Å²) in [6.07, 6.45) is 0. The number of nitrogens with one attached hydrogen (secondary N) is 1. The van der Waals surface area contributed by atoms with Gasteiger partial charge >= 0.3 is 0 Å². The number of halogens is 3. The summed E-state index contributed by atoms with van der Waals surface area (Å²) in [7, 11) is -2.19. The van der Waals surface area contributed by atoms with Gasteiger partial charge in [0.2, 0.25) is 0 Å². The van der Waals surface area contributed by atoms with Gasteiger partial charge in [-0.3, -0.25) is 4.72 Å². The van der Waals surface area contributed by atoms with Crippen LogP contribution in [0.25, 0.3) is 0 Å². The molecule has 21 heavy (non-hydrogen) atoms. The van der Waals surface area contributed by atoms with Crippen LogP contribution in [0, 0.1) is 0 Å². The van der Waals surface area contributed by atoms with E-state index < -0.39 is 10.0 Å². The van der Waals surface area contributed by atoms with Crippen LogP contribution in [0.2, 0.25) is 5.02 Å². The number of sulfonamides is 1. The van der Waals surface area contributed by atoms with E-state index in [1.54, 1.807) is 24.3 Å². The van der Waals surface area contributed by atoms with E-state index >= 15 is 0 Å². The lowest BCUT2D eigenvalue weighted by molar-refractivity contribution is 0.411. The van der Waals surface area contributed by atoms with Gasteiger partial charge in [-0.15, -0.1) is 0 Å². The minimum absolute atomic E-state index is 0.122. The zero-order chi connectivity index (χ0) is 15.6. The summed E-state index contributed by atoms with van der Waals surface area (Å²) in [4.78, 5) is 0.122. The van der Waals surface area contributed by atoms with Crippen LogP contribution in [0.4, 0.5) is 5.69 Å². The second-order valence-electron chi connectivity index (χ2n) is 4.03. The van der Waals surface area contributed by atoms with Crippen molar-refractivity contribution in [3.05, 3.63) is 50.4 Å². The zero-order valence-corrected chi connectivity index (χ0v) is 15.5. The van der Waals surface area contributed by atoms with Crippen LogP contribution >= 0.6 is 43.5 Å². The molecule has 0 radical (unpaired) electrons. The van der Waals surface area contributed by atoms with Crippen LogP contribution in [-0.2, 0) is 10.0 Å². The van der Waals surface area contributed by atoms with Crippen LogP contribution < -0.4 is 9.46 Å². The van der Waals surface area contributed by atoms with Crippen LogP contribution in [0.15, 0.2) is 50.2 Å². The highest BCUT2D eigenvalue weighted by atomic mass is 79.9. The second kappa shape index (κ2) is 6.56. The largest absolute Gasteiger partial charge is 0.496 e. The summed E-state index contributed by atoms with van der Waals surface area (Å²) >= 11 is 12.4. The molecule has 0 spiro atoms. The first-order chi connectivity index (χ1) is 9.83. The molecular weight excluding hydrogens is 445 g/mol. The van der Waals surface area contributed by atoms with Crippen molar-refractivity contribution in [1.29, 1.82) is 0 Å². The van der Waals surface area contributed by atoms with Gasteiger partial charge in [0.25, 0.3) is 10.0 Å². The Morgan fingerprint density at radius 1 is 1.10 bits per heavy atom. The Bertz CT molecular complexity index is 781. The molecular formula is C13H10Br2ClNO3S. The number of anilines is 1. The molecule has 0 bridgehead atoms. The molecule has 0 aromatic heterocycles. The number of benzene rings is 2. The number of rotatable bonds is 4. The first-order valence-electron chi connectivity index (χ1n) is 5.65. The minimum atomic E-state index is -3.70. The third-order valence-corrected chi connectivity index (χ3v) is 5.48. The van der Waals surface area contributed by atoms with Crippen LogP contribution in [0.1, 0.15) is 0 Å². The van der Waals surface area contributed by atoms with Crippen molar-refractivity contribution in [2.75, 3.05) is 11.8 Å². The fraction of sp³-hybridized carbons (Fsp3) is 0.0769. The summed E-state index contributed by atoms with van der Waals surface area (Å²) in [6.45, 7) is 0. The predicted octanol–water partition coefficient (Wildman–Crippen LogP) is 4.67. The first kappa shape index (κ1) is 16.6. The van der Waals surface area contributed by atoms with Crippen molar-refractivity contribution in [1.82, 2.24) is 0 Å². The van der Waals surface area contributed by atoms with Gasteiger partial charge in [0.05, 0.1) is 22.2 Å². The number of hydrogen-bond donors (Lipinski definition) is 1. The van der Waals surface area contributed by atoms with Gasteiger partial charge in [-0.25, -0.2) is 8.42 Å². The average Bonchev–Trinajstić information content (AvgIpc) is 2.42. The molecule has 0 aliphatic carbocycles. The SMILES string of the molecule is COc1ccc(S(=O)(=O)Nc2ccc(Cl)cc2Br)cc1Br. The molecule has 2 aromatic carbocycles. The maximum Gasteiger partial charge on any atom is 0.261 e. The van der Waals surface area contributed by atoms with Gasteiger partial charge in [-0.05, 0) is 68.3 Å². The van der Waals surface area contributed by atoms with Crippen molar-refractivity contribution in [3.63, 3.8) is 0 Å². The maximum atomic E-state index is 12.4. The quantitative estimate of drug-likeness (QED) is 0.729. The van der Waals surface area contributed by atoms with Crippen molar-refractivity contribution >= 4 is 59.2 Å². The fourth-order valence-corrected chi connectivity index (χ4v) is 4.30. The van der Waals surface area contributed by atoms with Crippen molar-refractivity contribution in [2.45, 2.75) is 4.90 Å². The normalized spacial score (nSPS) is 11.2. The minimum Gasteiger partial charge on any atom is -0.496 e. The van der Waals surface area contributed by atoms with E-state index in [0.717, 1.165) is 0 Å². The van der Waals surface area contributed by atoms with Gasteiger partial charge in [-0.2, -0.15) is 0 Å². The van der Waals surface area contributed by atoms with E-state index in [-0.39, 0.29) is 4.90 Å². The highest BCUT2D eigenvalue weighted by Crippen LogP contribution is 2.31. The monoisotopic (exact) mass is 453 g/mol.